The molecule has 1 saturated heterocycles. The summed E-state index contributed by atoms with van der Waals surface area (Å²) in [7, 11) is 1.65. The number of carbonyl (C=O) groups excluding carboxylic acids is 1. The van der Waals surface area contributed by atoms with Gasteiger partial charge in [-0.15, -0.1) is 0 Å². The molecule has 18 heavy (non-hydrogen) atoms. The van der Waals surface area contributed by atoms with Crippen LogP contribution in [-0.4, -0.2) is 26.1 Å². The van der Waals surface area contributed by atoms with Crippen molar-refractivity contribution in [2.24, 2.45) is 5.92 Å². The van der Waals surface area contributed by atoms with Crippen LogP contribution in [0.4, 0.5) is 0 Å². The maximum absolute atomic E-state index is 12.0. The lowest BCUT2D eigenvalue weighted by Crippen LogP contribution is -2.33. The van der Waals surface area contributed by atoms with Crippen LogP contribution in [0.2, 0.25) is 0 Å². The molecule has 0 aromatic heterocycles. The van der Waals surface area contributed by atoms with E-state index in [1.165, 1.54) is 0 Å². The number of methoxy groups -OCH3 is 1. The van der Waals surface area contributed by atoms with Crippen LogP contribution >= 0.6 is 0 Å². The molecule has 1 aromatic carbocycles. The first-order valence-corrected chi connectivity index (χ1v) is 6.35. The van der Waals surface area contributed by atoms with Crippen molar-refractivity contribution >= 4 is 5.91 Å². The van der Waals surface area contributed by atoms with Gasteiger partial charge in [-0.1, -0.05) is 12.1 Å². The summed E-state index contributed by atoms with van der Waals surface area (Å²) < 4.78 is 5.12. The third kappa shape index (κ3) is 3.01. The SMILES string of the molecule is COc1ccc([C@H](C)NC(=O)C2CCNC2)cc1. The highest BCUT2D eigenvalue weighted by Gasteiger charge is 2.23. The number of nitrogens with one attached hydrogen (secondary N) is 2. The lowest BCUT2D eigenvalue weighted by atomic mass is 10.1. The van der Waals surface area contributed by atoms with Crippen LogP contribution in [0.5, 0.6) is 5.75 Å². The summed E-state index contributed by atoms with van der Waals surface area (Å²) in [5.74, 6) is 1.09. The number of hydrogen-bond donors (Lipinski definition) is 2. The van der Waals surface area contributed by atoms with Crippen LogP contribution < -0.4 is 15.4 Å². The van der Waals surface area contributed by atoms with Crippen molar-refractivity contribution in [3.63, 3.8) is 0 Å². The Morgan fingerprint density at radius 3 is 2.72 bits per heavy atom. The zero-order valence-electron chi connectivity index (χ0n) is 10.9. The Bertz CT molecular complexity index is 397. The molecule has 1 aliphatic rings. The normalized spacial score (nSPS) is 20.4. The third-order valence-electron chi connectivity index (χ3n) is 3.41. The molecule has 0 spiro atoms. The zero-order chi connectivity index (χ0) is 13.0. The highest BCUT2D eigenvalue weighted by molar-refractivity contribution is 5.79. The van der Waals surface area contributed by atoms with Crippen molar-refractivity contribution in [2.75, 3.05) is 20.2 Å². The highest BCUT2D eigenvalue weighted by Crippen LogP contribution is 2.18. The van der Waals surface area contributed by atoms with E-state index < -0.39 is 0 Å². The molecule has 1 heterocycles. The van der Waals surface area contributed by atoms with Crippen LogP contribution in [-0.2, 0) is 4.79 Å². The maximum Gasteiger partial charge on any atom is 0.224 e. The van der Waals surface area contributed by atoms with Gasteiger partial charge < -0.3 is 15.4 Å². The van der Waals surface area contributed by atoms with Gasteiger partial charge in [-0.05, 0) is 37.6 Å². The largest absolute Gasteiger partial charge is 0.497 e. The van der Waals surface area contributed by atoms with E-state index in [4.69, 9.17) is 4.74 Å². The molecule has 0 aliphatic carbocycles. The van der Waals surface area contributed by atoms with Gasteiger partial charge in [0.25, 0.3) is 0 Å². The summed E-state index contributed by atoms with van der Waals surface area (Å²) in [5, 5.41) is 6.26. The van der Waals surface area contributed by atoms with Crippen molar-refractivity contribution in [3.8, 4) is 5.75 Å². The molecule has 2 atom stereocenters. The standard InChI is InChI=1S/C14H20N2O2/c1-10(11-3-5-13(18-2)6-4-11)16-14(17)12-7-8-15-9-12/h3-6,10,12,15H,7-9H2,1-2H3,(H,16,17)/t10-,12?/m0/s1. The second kappa shape index (κ2) is 5.87. The van der Waals surface area contributed by atoms with E-state index in [-0.39, 0.29) is 17.9 Å². The van der Waals surface area contributed by atoms with Crippen molar-refractivity contribution in [1.82, 2.24) is 10.6 Å². The molecule has 98 valence electrons. The van der Waals surface area contributed by atoms with Crippen LogP contribution in [0.15, 0.2) is 24.3 Å². The van der Waals surface area contributed by atoms with Crippen molar-refractivity contribution < 1.29 is 9.53 Å². The van der Waals surface area contributed by atoms with Crippen LogP contribution in [0.3, 0.4) is 0 Å². The number of benzene rings is 1. The van der Waals surface area contributed by atoms with E-state index in [0.29, 0.717) is 0 Å². The minimum Gasteiger partial charge on any atom is -0.497 e. The summed E-state index contributed by atoms with van der Waals surface area (Å²) in [4.78, 5) is 12.0. The van der Waals surface area contributed by atoms with Crippen LogP contribution in [0.25, 0.3) is 0 Å². The number of hydrogen-bond acceptors (Lipinski definition) is 3. The topological polar surface area (TPSA) is 50.4 Å². The van der Waals surface area contributed by atoms with Crippen molar-refractivity contribution in [3.05, 3.63) is 29.8 Å². The Kier molecular flexibility index (Phi) is 4.20. The monoisotopic (exact) mass is 248 g/mol. The van der Waals surface area contributed by atoms with Gasteiger partial charge >= 0.3 is 0 Å². The Morgan fingerprint density at radius 1 is 1.44 bits per heavy atom. The second-order valence-electron chi connectivity index (χ2n) is 4.69. The van der Waals surface area contributed by atoms with Gasteiger partial charge in [0.1, 0.15) is 5.75 Å². The van der Waals surface area contributed by atoms with Crippen molar-refractivity contribution in [2.45, 2.75) is 19.4 Å². The van der Waals surface area contributed by atoms with Gasteiger partial charge in [-0.2, -0.15) is 0 Å². The molecule has 1 unspecified atom stereocenters. The lowest BCUT2D eigenvalue weighted by molar-refractivity contribution is -0.125. The van der Waals surface area contributed by atoms with E-state index in [9.17, 15) is 4.79 Å². The third-order valence-corrected chi connectivity index (χ3v) is 3.41. The molecular formula is C14H20N2O2. The summed E-state index contributed by atoms with van der Waals surface area (Å²) in [5.41, 5.74) is 1.09. The number of carbonyl (C=O) groups is 1. The summed E-state index contributed by atoms with van der Waals surface area (Å²) in [6.07, 6.45) is 0.932. The fourth-order valence-corrected chi connectivity index (χ4v) is 2.19. The molecule has 0 radical (unpaired) electrons. The summed E-state index contributed by atoms with van der Waals surface area (Å²) >= 11 is 0. The van der Waals surface area contributed by atoms with E-state index in [1.807, 2.05) is 31.2 Å². The Morgan fingerprint density at radius 2 is 2.17 bits per heavy atom. The predicted molar refractivity (Wildman–Crippen MR) is 70.5 cm³/mol. The lowest BCUT2D eigenvalue weighted by Gasteiger charge is -2.17. The first kappa shape index (κ1) is 12.9. The summed E-state index contributed by atoms with van der Waals surface area (Å²) in [6, 6.07) is 7.82. The van der Waals surface area contributed by atoms with E-state index >= 15 is 0 Å². The van der Waals surface area contributed by atoms with E-state index in [1.54, 1.807) is 7.11 Å². The van der Waals surface area contributed by atoms with Gasteiger partial charge in [0.05, 0.1) is 19.1 Å². The van der Waals surface area contributed by atoms with Gasteiger partial charge in [0.2, 0.25) is 5.91 Å². The average molecular weight is 248 g/mol. The molecular weight excluding hydrogens is 228 g/mol. The highest BCUT2D eigenvalue weighted by atomic mass is 16.5. The predicted octanol–water partition coefficient (Wildman–Crippen LogP) is 1.48. The minimum absolute atomic E-state index is 0.0315. The fourth-order valence-electron chi connectivity index (χ4n) is 2.19. The van der Waals surface area contributed by atoms with Gasteiger partial charge in [0, 0.05) is 6.54 Å². The van der Waals surface area contributed by atoms with Crippen LogP contribution in [0, 0.1) is 5.92 Å². The van der Waals surface area contributed by atoms with Gasteiger partial charge in [-0.3, -0.25) is 4.79 Å². The van der Waals surface area contributed by atoms with Gasteiger partial charge in [0.15, 0.2) is 0 Å². The molecule has 0 saturated carbocycles. The van der Waals surface area contributed by atoms with E-state index in [0.717, 1.165) is 30.8 Å². The molecule has 0 bridgehead atoms. The first-order chi connectivity index (χ1) is 8.70. The first-order valence-electron chi connectivity index (χ1n) is 6.35. The molecule has 1 aromatic rings. The molecule has 1 aliphatic heterocycles. The molecule has 4 nitrogen and oxygen atoms in total. The molecule has 2 N–H and O–H groups in total. The maximum atomic E-state index is 12.0. The number of ether oxygens (including phenoxy) is 1. The number of amides is 1. The Labute approximate surface area is 108 Å². The smallest absolute Gasteiger partial charge is 0.224 e. The van der Waals surface area contributed by atoms with Crippen LogP contribution in [0.1, 0.15) is 24.9 Å². The molecule has 2 rings (SSSR count). The Hall–Kier alpha value is -1.55. The Balaban J connectivity index is 1.93. The molecule has 1 fully saturated rings. The second-order valence-corrected chi connectivity index (χ2v) is 4.69. The molecule has 4 heteroatoms. The van der Waals surface area contributed by atoms with E-state index in [2.05, 4.69) is 10.6 Å². The fraction of sp³-hybridized carbons (Fsp3) is 0.500. The van der Waals surface area contributed by atoms with Crippen molar-refractivity contribution in [1.29, 1.82) is 0 Å². The number of rotatable bonds is 4. The van der Waals surface area contributed by atoms with Gasteiger partial charge in [-0.25, -0.2) is 0 Å². The minimum atomic E-state index is 0.0315. The zero-order valence-corrected chi connectivity index (χ0v) is 10.9. The quantitative estimate of drug-likeness (QED) is 0.848. The average Bonchev–Trinajstić information content (AvgIpc) is 2.92. The summed E-state index contributed by atoms with van der Waals surface area (Å²) in [6.45, 7) is 3.73. The molecule has 1 amide bonds.